The molecule has 0 saturated carbocycles. The second-order valence-corrected chi connectivity index (χ2v) is 6.01. The number of ether oxygens (including phenoxy) is 2. The molecule has 1 aliphatic heterocycles. The molecular formula is C18H23N3O3. The van der Waals surface area contributed by atoms with Gasteiger partial charge in [-0.25, -0.2) is 0 Å². The van der Waals surface area contributed by atoms with E-state index in [1.165, 1.54) is 0 Å². The lowest BCUT2D eigenvalue weighted by Gasteiger charge is -2.31. The maximum atomic E-state index is 12.4. The standard InChI is InChI=1S/C18H23N3O3/c1-20-10-9-15(19-20)14-7-11-21(12-8-14)18(22)13-24-17-6-4-3-5-16(17)23-2/h3-6,9-10,14H,7-8,11-13H2,1-2H3. The third kappa shape index (κ3) is 3.69. The third-order valence-corrected chi connectivity index (χ3v) is 4.42. The minimum atomic E-state index is 0.0142. The zero-order chi connectivity index (χ0) is 16.9. The van der Waals surface area contributed by atoms with E-state index in [1.54, 1.807) is 13.2 Å². The van der Waals surface area contributed by atoms with Gasteiger partial charge in [0.15, 0.2) is 18.1 Å². The van der Waals surface area contributed by atoms with Crippen molar-refractivity contribution in [2.24, 2.45) is 7.05 Å². The lowest BCUT2D eigenvalue weighted by Crippen LogP contribution is -2.40. The number of aromatic nitrogens is 2. The molecule has 0 unspecified atom stereocenters. The van der Waals surface area contributed by atoms with Crippen LogP contribution in [0.3, 0.4) is 0 Å². The van der Waals surface area contributed by atoms with Gasteiger partial charge >= 0.3 is 0 Å². The van der Waals surface area contributed by atoms with Gasteiger partial charge in [-0.05, 0) is 31.0 Å². The largest absolute Gasteiger partial charge is 0.493 e. The molecule has 0 radical (unpaired) electrons. The second kappa shape index (κ2) is 7.38. The SMILES string of the molecule is COc1ccccc1OCC(=O)N1CCC(c2ccn(C)n2)CC1. The first-order chi connectivity index (χ1) is 11.7. The number of rotatable bonds is 5. The van der Waals surface area contributed by atoms with E-state index >= 15 is 0 Å². The summed E-state index contributed by atoms with van der Waals surface area (Å²) in [6.07, 6.45) is 3.85. The Hall–Kier alpha value is -2.50. The number of methoxy groups -OCH3 is 1. The summed E-state index contributed by atoms with van der Waals surface area (Å²) in [5, 5.41) is 4.47. The highest BCUT2D eigenvalue weighted by molar-refractivity contribution is 5.78. The van der Waals surface area contributed by atoms with Crippen LogP contribution >= 0.6 is 0 Å². The molecule has 2 heterocycles. The maximum Gasteiger partial charge on any atom is 0.260 e. The maximum absolute atomic E-state index is 12.4. The van der Waals surface area contributed by atoms with Gasteiger partial charge in [-0.15, -0.1) is 0 Å². The number of amides is 1. The molecule has 0 N–H and O–H groups in total. The summed E-state index contributed by atoms with van der Waals surface area (Å²) >= 11 is 0. The average molecular weight is 329 g/mol. The summed E-state index contributed by atoms with van der Waals surface area (Å²) in [6.45, 7) is 1.53. The van der Waals surface area contributed by atoms with Crippen molar-refractivity contribution in [2.75, 3.05) is 26.8 Å². The molecule has 2 aromatic rings. The summed E-state index contributed by atoms with van der Waals surface area (Å²) in [7, 11) is 3.52. The van der Waals surface area contributed by atoms with E-state index in [1.807, 2.05) is 41.0 Å². The molecule has 0 spiro atoms. The van der Waals surface area contributed by atoms with Crippen molar-refractivity contribution in [3.8, 4) is 11.5 Å². The Morgan fingerprint density at radius 3 is 2.54 bits per heavy atom. The summed E-state index contributed by atoms with van der Waals surface area (Å²) < 4.78 is 12.7. The number of para-hydroxylation sites is 2. The molecule has 1 aromatic heterocycles. The van der Waals surface area contributed by atoms with Crippen LogP contribution < -0.4 is 9.47 Å². The number of nitrogens with zero attached hydrogens (tertiary/aromatic N) is 3. The molecule has 24 heavy (non-hydrogen) atoms. The Morgan fingerprint density at radius 2 is 1.92 bits per heavy atom. The quantitative estimate of drug-likeness (QED) is 0.844. The van der Waals surface area contributed by atoms with E-state index < -0.39 is 0 Å². The monoisotopic (exact) mass is 329 g/mol. The molecule has 6 heteroatoms. The van der Waals surface area contributed by atoms with Crippen molar-refractivity contribution >= 4 is 5.91 Å². The topological polar surface area (TPSA) is 56.6 Å². The number of hydrogen-bond donors (Lipinski definition) is 0. The Kier molecular flexibility index (Phi) is 5.03. The Labute approximate surface area is 142 Å². The fourth-order valence-corrected chi connectivity index (χ4v) is 3.04. The van der Waals surface area contributed by atoms with Crippen LogP contribution in [0.4, 0.5) is 0 Å². The van der Waals surface area contributed by atoms with Gasteiger partial charge in [0.2, 0.25) is 0 Å². The predicted molar refractivity (Wildman–Crippen MR) is 90.3 cm³/mol. The molecule has 1 fully saturated rings. The van der Waals surface area contributed by atoms with Crippen LogP contribution in [0.2, 0.25) is 0 Å². The molecule has 1 aromatic carbocycles. The Bertz CT molecular complexity index is 690. The summed E-state index contributed by atoms with van der Waals surface area (Å²) in [5.41, 5.74) is 1.12. The highest BCUT2D eigenvalue weighted by atomic mass is 16.5. The van der Waals surface area contributed by atoms with Gasteiger partial charge in [0.05, 0.1) is 12.8 Å². The highest BCUT2D eigenvalue weighted by Gasteiger charge is 2.25. The number of piperidine rings is 1. The average Bonchev–Trinajstić information content (AvgIpc) is 3.06. The van der Waals surface area contributed by atoms with Gasteiger partial charge < -0.3 is 14.4 Å². The van der Waals surface area contributed by atoms with Crippen LogP contribution in [0.1, 0.15) is 24.5 Å². The molecule has 0 atom stereocenters. The van der Waals surface area contributed by atoms with E-state index in [2.05, 4.69) is 11.2 Å². The summed E-state index contributed by atoms with van der Waals surface area (Å²) in [4.78, 5) is 14.2. The van der Waals surface area contributed by atoms with Crippen LogP contribution in [0.15, 0.2) is 36.5 Å². The fourth-order valence-electron chi connectivity index (χ4n) is 3.04. The number of carbonyl (C=O) groups excluding carboxylic acids is 1. The minimum Gasteiger partial charge on any atom is -0.493 e. The summed E-state index contributed by atoms with van der Waals surface area (Å²) in [6, 6.07) is 9.42. The zero-order valence-electron chi connectivity index (χ0n) is 14.1. The van der Waals surface area contributed by atoms with E-state index in [9.17, 15) is 4.79 Å². The second-order valence-electron chi connectivity index (χ2n) is 6.01. The van der Waals surface area contributed by atoms with Crippen molar-refractivity contribution in [1.29, 1.82) is 0 Å². The minimum absolute atomic E-state index is 0.0142. The number of likely N-dealkylation sites (tertiary alicyclic amines) is 1. The Morgan fingerprint density at radius 1 is 1.21 bits per heavy atom. The molecule has 0 aliphatic carbocycles. The normalized spacial score (nSPS) is 15.3. The first kappa shape index (κ1) is 16.4. The zero-order valence-corrected chi connectivity index (χ0v) is 14.1. The molecule has 1 aliphatic rings. The number of carbonyl (C=O) groups is 1. The van der Waals surface area contributed by atoms with Gasteiger partial charge in [-0.2, -0.15) is 5.10 Å². The first-order valence-electron chi connectivity index (χ1n) is 8.20. The number of aryl methyl sites for hydroxylation is 1. The van der Waals surface area contributed by atoms with E-state index in [0.717, 1.165) is 31.6 Å². The van der Waals surface area contributed by atoms with Crippen molar-refractivity contribution < 1.29 is 14.3 Å². The van der Waals surface area contributed by atoms with Crippen LogP contribution in [-0.4, -0.2) is 47.4 Å². The van der Waals surface area contributed by atoms with Crippen LogP contribution in [-0.2, 0) is 11.8 Å². The summed E-state index contributed by atoms with van der Waals surface area (Å²) in [5.74, 6) is 1.68. The van der Waals surface area contributed by atoms with Crippen molar-refractivity contribution in [2.45, 2.75) is 18.8 Å². The van der Waals surface area contributed by atoms with Gasteiger partial charge in [0, 0.05) is 32.3 Å². The molecule has 6 nitrogen and oxygen atoms in total. The van der Waals surface area contributed by atoms with Gasteiger partial charge in [0.1, 0.15) is 0 Å². The van der Waals surface area contributed by atoms with E-state index in [4.69, 9.17) is 9.47 Å². The lowest BCUT2D eigenvalue weighted by molar-refractivity contribution is -0.134. The molecule has 1 saturated heterocycles. The van der Waals surface area contributed by atoms with Crippen LogP contribution in [0, 0.1) is 0 Å². The molecule has 0 bridgehead atoms. The smallest absolute Gasteiger partial charge is 0.260 e. The molecule has 1 amide bonds. The van der Waals surface area contributed by atoms with Gasteiger partial charge in [-0.3, -0.25) is 9.48 Å². The molecular weight excluding hydrogens is 306 g/mol. The molecule has 3 rings (SSSR count). The van der Waals surface area contributed by atoms with Crippen molar-refractivity contribution in [3.63, 3.8) is 0 Å². The van der Waals surface area contributed by atoms with Crippen LogP contribution in [0.5, 0.6) is 11.5 Å². The van der Waals surface area contributed by atoms with Gasteiger partial charge in [0.25, 0.3) is 5.91 Å². The van der Waals surface area contributed by atoms with Crippen molar-refractivity contribution in [1.82, 2.24) is 14.7 Å². The predicted octanol–water partition coefficient (Wildman–Crippen LogP) is 2.21. The van der Waals surface area contributed by atoms with E-state index in [-0.39, 0.29) is 12.5 Å². The van der Waals surface area contributed by atoms with E-state index in [0.29, 0.717) is 17.4 Å². The Balaban J connectivity index is 1.50. The van der Waals surface area contributed by atoms with Crippen molar-refractivity contribution in [3.05, 3.63) is 42.2 Å². The highest BCUT2D eigenvalue weighted by Crippen LogP contribution is 2.28. The lowest BCUT2D eigenvalue weighted by atomic mass is 9.94. The van der Waals surface area contributed by atoms with Gasteiger partial charge in [-0.1, -0.05) is 12.1 Å². The first-order valence-corrected chi connectivity index (χ1v) is 8.20. The number of hydrogen-bond acceptors (Lipinski definition) is 4. The fraction of sp³-hybridized carbons (Fsp3) is 0.444. The number of benzene rings is 1. The molecule has 128 valence electrons. The van der Waals surface area contributed by atoms with Crippen LogP contribution in [0.25, 0.3) is 0 Å². The third-order valence-electron chi connectivity index (χ3n) is 4.42.